The molecule has 2 nitrogen and oxygen atoms in total. The third-order valence-corrected chi connectivity index (χ3v) is 1.43. The SMILES string of the molecule is [C-]#[N+]c1cc(C)c(F)cc1N. The van der Waals surface area contributed by atoms with E-state index < -0.39 is 0 Å². The van der Waals surface area contributed by atoms with E-state index in [1.807, 2.05) is 0 Å². The fraction of sp³-hybridized carbons (Fsp3) is 0.125. The first kappa shape index (κ1) is 7.55. The molecule has 1 aromatic carbocycles. The summed E-state index contributed by atoms with van der Waals surface area (Å²) in [7, 11) is 0. The summed E-state index contributed by atoms with van der Waals surface area (Å²) in [6.07, 6.45) is 0. The van der Waals surface area contributed by atoms with E-state index in [-0.39, 0.29) is 11.5 Å². The number of benzene rings is 1. The molecule has 0 saturated heterocycles. The van der Waals surface area contributed by atoms with Crippen LogP contribution in [0.1, 0.15) is 5.56 Å². The normalized spacial score (nSPS) is 9.18. The summed E-state index contributed by atoms with van der Waals surface area (Å²) in [5.74, 6) is -0.366. The number of hydrogen-bond acceptors (Lipinski definition) is 1. The lowest BCUT2D eigenvalue weighted by Crippen LogP contribution is -1.88. The van der Waals surface area contributed by atoms with Crippen molar-refractivity contribution in [2.24, 2.45) is 0 Å². The van der Waals surface area contributed by atoms with Gasteiger partial charge in [0.1, 0.15) is 5.82 Å². The van der Waals surface area contributed by atoms with Crippen molar-refractivity contribution in [1.29, 1.82) is 0 Å². The minimum absolute atomic E-state index is 0.197. The molecule has 0 aliphatic heterocycles. The highest BCUT2D eigenvalue weighted by atomic mass is 19.1. The Morgan fingerprint density at radius 2 is 2.18 bits per heavy atom. The Balaban J connectivity index is 3.35. The van der Waals surface area contributed by atoms with Gasteiger partial charge in [-0.1, -0.05) is 0 Å². The maximum Gasteiger partial charge on any atom is 0.209 e. The first-order valence-corrected chi connectivity index (χ1v) is 3.08. The van der Waals surface area contributed by atoms with Gasteiger partial charge in [-0.2, -0.15) is 0 Å². The lowest BCUT2D eigenvalue weighted by Gasteiger charge is -1.99. The van der Waals surface area contributed by atoms with E-state index in [2.05, 4.69) is 4.85 Å². The Hall–Kier alpha value is -1.56. The third-order valence-electron chi connectivity index (χ3n) is 1.43. The molecular formula is C8H7FN2. The topological polar surface area (TPSA) is 30.4 Å². The van der Waals surface area contributed by atoms with Crippen molar-refractivity contribution in [3.8, 4) is 0 Å². The van der Waals surface area contributed by atoms with Gasteiger partial charge in [0.2, 0.25) is 5.69 Å². The summed E-state index contributed by atoms with van der Waals surface area (Å²) < 4.78 is 12.7. The second-order valence-corrected chi connectivity index (χ2v) is 2.27. The predicted molar refractivity (Wildman–Crippen MR) is 41.8 cm³/mol. The van der Waals surface area contributed by atoms with Crippen molar-refractivity contribution in [2.45, 2.75) is 6.92 Å². The molecule has 1 rings (SSSR count). The zero-order valence-electron chi connectivity index (χ0n) is 6.06. The summed E-state index contributed by atoms with van der Waals surface area (Å²) in [5.41, 5.74) is 6.30. The van der Waals surface area contributed by atoms with Crippen LogP contribution in [0.2, 0.25) is 0 Å². The third kappa shape index (κ3) is 1.30. The fourth-order valence-electron chi connectivity index (χ4n) is 0.778. The summed E-state index contributed by atoms with van der Waals surface area (Å²) in [6, 6.07) is 2.61. The average Bonchev–Trinajstić information content (AvgIpc) is 1.97. The zero-order valence-corrected chi connectivity index (χ0v) is 6.06. The quantitative estimate of drug-likeness (QED) is 0.446. The Morgan fingerprint density at radius 1 is 1.55 bits per heavy atom. The van der Waals surface area contributed by atoms with E-state index in [9.17, 15) is 4.39 Å². The molecular weight excluding hydrogens is 143 g/mol. The van der Waals surface area contributed by atoms with Crippen LogP contribution in [-0.4, -0.2) is 0 Å². The summed E-state index contributed by atoms with van der Waals surface area (Å²) in [6.45, 7) is 8.27. The highest BCUT2D eigenvalue weighted by Gasteiger charge is 2.02. The van der Waals surface area contributed by atoms with Gasteiger partial charge in [0.05, 0.1) is 6.57 Å². The van der Waals surface area contributed by atoms with Gasteiger partial charge in [-0.3, -0.25) is 0 Å². The molecule has 0 aliphatic rings. The van der Waals surface area contributed by atoms with Gasteiger partial charge in [-0.05, 0) is 24.6 Å². The molecule has 1 aromatic rings. The maximum absolute atomic E-state index is 12.7. The van der Waals surface area contributed by atoms with E-state index in [4.69, 9.17) is 12.3 Å². The van der Waals surface area contributed by atoms with Crippen LogP contribution >= 0.6 is 0 Å². The van der Waals surface area contributed by atoms with Gasteiger partial charge in [0.15, 0.2) is 0 Å². The molecule has 3 heteroatoms. The Morgan fingerprint density at radius 3 is 2.73 bits per heavy atom. The van der Waals surface area contributed by atoms with E-state index >= 15 is 0 Å². The Bertz CT molecular complexity index is 326. The van der Waals surface area contributed by atoms with Crippen molar-refractivity contribution >= 4 is 11.4 Å². The molecule has 2 N–H and O–H groups in total. The highest BCUT2D eigenvalue weighted by Crippen LogP contribution is 2.24. The van der Waals surface area contributed by atoms with Gasteiger partial charge in [0, 0.05) is 5.69 Å². The number of halogens is 1. The second-order valence-electron chi connectivity index (χ2n) is 2.27. The van der Waals surface area contributed by atoms with Crippen LogP contribution in [0.25, 0.3) is 4.85 Å². The van der Waals surface area contributed by atoms with E-state index in [1.165, 1.54) is 12.1 Å². The molecule has 0 aromatic heterocycles. The van der Waals surface area contributed by atoms with Gasteiger partial charge >= 0.3 is 0 Å². The molecule has 0 atom stereocenters. The lowest BCUT2D eigenvalue weighted by molar-refractivity contribution is 0.619. The number of nitrogens with zero attached hydrogens (tertiary/aromatic N) is 1. The second kappa shape index (κ2) is 2.59. The smallest absolute Gasteiger partial charge is 0.209 e. The first-order valence-electron chi connectivity index (χ1n) is 3.08. The van der Waals surface area contributed by atoms with Crippen LogP contribution in [0.15, 0.2) is 12.1 Å². The molecule has 0 fully saturated rings. The maximum atomic E-state index is 12.7. The molecule has 0 amide bonds. The van der Waals surface area contributed by atoms with Gasteiger partial charge in [-0.25, -0.2) is 9.24 Å². The molecule has 0 saturated carbocycles. The van der Waals surface area contributed by atoms with Crippen molar-refractivity contribution < 1.29 is 4.39 Å². The average molecular weight is 150 g/mol. The summed E-state index contributed by atoms with van der Waals surface area (Å²) >= 11 is 0. The summed E-state index contributed by atoms with van der Waals surface area (Å²) in [4.78, 5) is 3.13. The minimum Gasteiger partial charge on any atom is -0.407 e. The minimum atomic E-state index is -0.366. The number of hydrogen-bond donors (Lipinski definition) is 1. The first-order chi connectivity index (χ1) is 5.15. The van der Waals surface area contributed by atoms with Crippen LogP contribution in [0.3, 0.4) is 0 Å². The predicted octanol–water partition coefficient (Wildman–Crippen LogP) is 2.27. The molecule has 0 bridgehead atoms. The molecule has 56 valence electrons. The molecule has 0 unspecified atom stereocenters. The molecule has 0 heterocycles. The number of nitrogens with two attached hydrogens (primary N) is 1. The standard InChI is InChI=1S/C8H7FN2/c1-5-3-8(11-2)7(10)4-6(5)9/h3-4H,10H2,1H3. The van der Waals surface area contributed by atoms with Gasteiger partial charge in [-0.15, -0.1) is 0 Å². The molecule has 0 aliphatic carbocycles. The molecule has 11 heavy (non-hydrogen) atoms. The van der Waals surface area contributed by atoms with E-state index in [1.54, 1.807) is 6.92 Å². The van der Waals surface area contributed by atoms with Crippen molar-refractivity contribution in [2.75, 3.05) is 5.73 Å². The summed E-state index contributed by atoms with van der Waals surface area (Å²) in [5, 5.41) is 0. The Kier molecular flexibility index (Phi) is 1.77. The van der Waals surface area contributed by atoms with Crippen LogP contribution < -0.4 is 5.73 Å². The number of anilines is 1. The lowest BCUT2D eigenvalue weighted by atomic mass is 10.2. The van der Waals surface area contributed by atoms with E-state index in [0.29, 0.717) is 11.3 Å². The number of rotatable bonds is 0. The van der Waals surface area contributed by atoms with Gasteiger partial charge in [0.25, 0.3) is 0 Å². The van der Waals surface area contributed by atoms with Crippen molar-refractivity contribution in [3.05, 3.63) is 34.9 Å². The molecule has 0 spiro atoms. The molecule has 0 radical (unpaired) electrons. The monoisotopic (exact) mass is 150 g/mol. The van der Waals surface area contributed by atoms with E-state index in [0.717, 1.165) is 0 Å². The van der Waals surface area contributed by atoms with Crippen LogP contribution in [0, 0.1) is 19.3 Å². The van der Waals surface area contributed by atoms with Crippen molar-refractivity contribution in [1.82, 2.24) is 0 Å². The van der Waals surface area contributed by atoms with Crippen LogP contribution in [0.4, 0.5) is 15.8 Å². The largest absolute Gasteiger partial charge is 0.407 e. The fourth-order valence-corrected chi connectivity index (χ4v) is 0.778. The van der Waals surface area contributed by atoms with Gasteiger partial charge < -0.3 is 5.73 Å². The number of aryl methyl sites for hydroxylation is 1. The van der Waals surface area contributed by atoms with Crippen molar-refractivity contribution in [3.63, 3.8) is 0 Å². The Labute approximate surface area is 64.3 Å². The van der Waals surface area contributed by atoms with Crippen LogP contribution in [0.5, 0.6) is 0 Å². The highest BCUT2D eigenvalue weighted by molar-refractivity contribution is 5.67. The number of nitrogen functional groups attached to an aromatic ring is 1. The van der Waals surface area contributed by atoms with Crippen LogP contribution in [-0.2, 0) is 0 Å². The zero-order chi connectivity index (χ0) is 8.43.